The quantitative estimate of drug-likeness (QED) is 0.537. The number of nitrogens with zero attached hydrogens (tertiary/aromatic N) is 1. The van der Waals surface area contributed by atoms with E-state index >= 15 is 0 Å². The third-order valence-corrected chi connectivity index (χ3v) is 4.86. The predicted molar refractivity (Wildman–Crippen MR) is 110 cm³/mol. The number of amides is 2. The summed E-state index contributed by atoms with van der Waals surface area (Å²) in [6.07, 6.45) is 1.11. The van der Waals surface area contributed by atoms with E-state index in [1.165, 1.54) is 0 Å². The third-order valence-electron chi connectivity index (χ3n) is 4.61. The van der Waals surface area contributed by atoms with Crippen LogP contribution in [0.2, 0.25) is 5.02 Å². The van der Waals surface area contributed by atoms with Gasteiger partial charge in [0.05, 0.1) is 12.5 Å². The van der Waals surface area contributed by atoms with Crippen LogP contribution in [0.15, 0.2) is 24.3 Å². The van der Waals surface area contributed by atoms with Gasteiger partial charge in [-0.1, -0.05) is 32.4 Å². The molecule has 2 rings (SSSR count). The number of carbonyl (C=O) groups is 3. The molecular formula is C21H29ClN2O5. The predicted octanol–water partition coefficient (Wildman–Crippen LogP) is 2.66. The molecule has 0 aliphatic carbocycles. The zero-order valence-corrected chi connectivity index (χ0v) is 18.0. The summed E-state index contributed by atoms with van der Waals surface area (Å²) in [6.45, 7) is 6.99. The minimum absolute atomic E-state index is 0.0875. The summed E-state index contributed by atoms with van der Waals surface area (Å²) >= 11 is 5.80. The second-order valence-corrected chi connectivity index (χ2v) is 8.51. The fraction of sp³-hybridized carbons (Fsp3) is 0.571. The Morgan fingerprint density at radius 2 is 1.76 bits per heavy atom. The molecule has 0 saturated carbocycles. The Morgan fingerprint density at radius 3 is 2.34 bits per heavy atom. The average Bonchev–Trinajstić information content (AvgIpc) is 2.69. The minimum atomic E-state index is -0.428. The lowest BCUT2D eigenvalue weighted by molar-refractivity contribution is -0.155. The van der Waals surface area contributed by atoms with Crippen molar-refractivity contribution in [2.24, 2.45) is 11.3 Å². The van der Waals surface area contributed by atoms with Crippen molar-refractivity contribution < 1.29 is 23.9 Å². The van der Waals surface area contributed by atoms with E-state index in [4.69, 9.17) is 21.1 Å². The molecule has 0 radical (unpaired) electrons. The Kier molecular flexibility index (Phi) is 8.32. The number of ether oxygens (including phenoxy) is 2. The summed E-state index contributed by atoms with van der Waals surface area (Å²) in [5.41, 5.74) is -0.428. The van der Waals surface area contributed by atoms with Gasteiger partial charge in [-0.3, -0.25) is 14.4 Å². The van der Waals surface area contributed by atoms with Crippen LogP contribution in [0.1, 0.15) is 33.6 Å². The maximum atomic E-state index is 12.3. The highest BCUT2D eigenvalue weighted by atomic mass is 35.5. The van der Waals surface area contributed by atoms with Crippen LogP contribution in [-0.4, -0.2) is 55.5 Å². The fourth-order valence-corrected chi connectivity index (χ4v) is 3.11. The summed E-state index contributed by atoms with van der Waals surface area (Å²) in [6, 6.07) is 6.93. The molecule has 2 amide bonds. The summed E-state index contributed by atoms with van der Waals surface area (Å²) in [5, 5.41) is 3.27. The van der Waals surface area contributed by atoms with Crippen LogP contribution in [0, 0.1) is 11.3 Å². The first-order valence-corrected chi connectivity index (χ1v) is 10.2. The fourth-order valence-electron chi connectivity index (χ4n) is 2.99. The SMILES string of the molecule is CC(C)(C)C(=O)N1CCC(C(=O)OCC(=O)NCCOc2ccc(Cl)cc2)CC1. The highest BCUT2D eigenvalue weighted by molar-refractivity contribution is 6.30. The van der Waals surface area contributed by atoms with Crippen LogP contribution < -0.4 is 10.1 Å². The van der Waals surface area contributed by atoms with Crippen molar-refractivity contribution in [2.45, 2.75) is 33.6 Å². The first-order valence-electron chi connectivity index (χ1n) is 9.78. The van der Waals surface area contributed by atoms with Gasteiger partial charge in [-0.2, -0.15) is 0 Å². The molecule has 1 aromatic carbocycles. The monoisotopic (exact) mass is 424 g/mol. The van der Waals surface area contributed by atoms with Gasteiger partial charge in [-0.25, -0.2) is 0 Å². The Hall–Kier alpha value is -2.28. The van der Waals surface area contributed by atoms with E-state index in [2.05, 4.69) is 5.32 Å². The molecule has 29 heavy (non-hydrogen) atoms. The van der Waals surface area contributed by atoms with Crippen molar-refractivity contribution in [1.82, 2.24) is 10.2 Å². The highest BCUT2D eigenvalue weighted by Gasteiger charge is 2.33. The number of hydrogen-bond donors (Lipinski definition) is 1. The first kappa shape index (κ1) is 23.0. The molecule has 0 aromatic heterocycles. The molecule has 7 nitrogen and oxygen atoms in total. The van der Waals surface area contributed by atoms with Gasteiger partial charge in [-0.05, 0) is 37.1 Å². The van der Waals surface area contributed by atoms with Crippen molar-refractivity contribution in [3.8, 4) is 5.75 Å². The van der Waals surface area contributed by atoms with Gasteiger partial charge in [0.1, 0.15) is 12.4 Å². The lowest BCUT2D eigenvalue weighted by Crippen LogP contribution is -2.45. The molecule has 0 bridgehead atoms. The van der Waals surface area contributed by atoms with E-state index in [9.17, 15) is 14.4 Å². The molecule has 0 spiro atoms. The molecule has 0 atom stereocenters. The van der Waals surface area contributed by atoms with Crippen molar-refractivity contribution in [3.63, 3.8) is 0 Å². The molecule has 160 valence electrons. The lowest BCUT2D eigenvalue weighted by Gasteiger charge is -2.34. The zero-order valence-electron chi connectivity index (χ0n) is 17.2. The second kappa shape index (κ2) is 10.5. The number of rotatable bonds is 7. The van der Waals surface area contributed by atoms with E-state index in [0.717, 1.165) is 0 Å². The normalized spacial score (nSPS) is 15.0. The van der Waals surface area contributed by atoms with Crippen LogP contribution in [-0.2, 0) is 19.1 Å². The molecule has 1 aliphatic rings. The molecule has 1 aliphatic heterocycles. The molecule has 1 fully saturated rings. The number of piperidine rings is 1. The lowest BCUT2D eigenvalue weighted by atomic mass is 9.91. The van der Waals surface area contributed by atoms with Crippen molar-refractivity contribution >= 4 is 29.4 Å². The number of halogens is 1. The van der Waals surface area contributed by atoms with E-state index in [0.29, 0.717) is 49.9 Å². The smallest absolute Gasteiger partial charge is 0.309 e. The molecule has 1 saturated heterocycles. The molecule has 1 N–H and O–H groups in total. The molecule has 8 heteroatoms. The van der Waals surface area contributed by atoms with Crippen LogP contribution in [0.4, 0.5) is 0 Å². The van der Waals surface area contributed by atoms with Crippen LogP contribution in [0.25, 0.3) is 0 Å². The zero-order chi connectivity index (χ0) is 21.4. The molecule has 1 heterocycles. The Labute approximate surface area is 176 Å². The van der Waals surface area contributed by atoms with Crippen LogP contribution in [0.5, 0.6) is 5.75 Å². The maximum Gasteiger partial charge on any atom is 0.309 e. The van der Waals surface area contributed by atoms with Crippen molar-refractivity contribution in [3.05, 3.63) is 29.3 Å². The number of benzene rings is 1. The topological polar surface area (TPSA) is 84.9 Å². The van der Waals surface area contributed by atoms with E-state index in [1.54, 1.807) is 29.2 Å². The van der Waals surface area contributed by atoms with Gasteiger partial charge < -0.3 is 19.7 Å². The summed E-state index contributed by atoms with van der Waals surface area (Å²) in [7, 11) is 0. The van der Waals surface area contributed by atoms with Gasteiger partial charge in [0.2, 0.25) is 5.91 Å². The van der Waals surface area contributed by atoms with Gasteiger partial charge in [-0.15, -0.1) is 0 Å². The number of esters is 1. The van der Waals surface area contributed by atoms with Gasteiger partial charge >= 0.3 is 5.97 Å². The Bertz CT molecular complexity index is 707. The van der Waals surface area contributed by atoms with Crippen molar-refractivity contribution in [1.29, 1.82) is 0 Å². The van der Waals surface area contributed by atoms with Gasteiger partial charge in [0.25, 0.3) is 5.91 Å². The molecule has 1 aromatic rings. The van der Waals surface area contributed by atoms with Crippen molar-refractivity contribution in [2.75, 3.05) is 32.8 Å². The largest absolute Gasteiger partial charge is 0.492 e. The first-order chi connectivity index (χ1) is 13.7. The summed E-state index contributed by atoms with van der Waals surface area (Å²) < 4.78 is 10.6. The standard InChI is InChI=1S/C21H29ClN2O5/c1-21(2,3)20(27)24-11-8-15(9-12-24)19(26)29-14-18(25)23-10-13-28-17-6-4-16(22)5-7-17/h4-7,15H,8-14H2,1-3H3,(H,23,25). The van der Waals surface area contributed by atoms with Crippen LogP contribution in [0.3, 0.4) is 0 Å². The Morgan fingerprint density at radius 1 is 1.14 bits per heavy atom. The summed E-state index contributed by atoms with van der Waals surface area (Å²) in [4.78, 5) is 38.1. The molecule has 0 unspecified atom stereocenters. The van der Waals surface area contributed by atoms with Gasteiger partial charge in [0, 0.05) is 23.5 Å². The Balaban J connectivity index is 1.60. The number of nitrogens with one attached hydrogen (secondary N) is 1. The average molecular weight is 425 g/mol. The summed E-state index contributed by atoms with van der Waals surface area (Å²) in [5.74, 6) is -0.297. The van der Waals surface area contributed by atoms with E-state index in [-0.39, 0.29) is 30.3 Å². The van der Waals surface area contributed by atoms with Gasteiger partial charge in [0.15, 0.2) is 6.61 Å². The maximum absolute atomic E-state index is 12.3. The number of hydrogen-bond acceptors (Lipinski definition) is 5. The molecular weight excluding hydrogens is 396 g/mol. The minimum Gasteiger partial charge on any atom is -0.492 e. The number of carbonyl (C=O) groups excluding carboxylic acids is 3. The second-order valence-electron chi connectivity index (χ2n) is 8.08. The third kappa shape index (κ3) is 7.57. The van der Waals surface area contributed by atoms with E-state index in [1.807, 2.05) is 20.8 Å². The number of likely N-dealkylation sites (tertiary alicyclic amines) is 1. The highest BCUT2D eigenvalue weighted by Crippen LogP contribution is 2.24. The van der Waals surface area contributed by atoms with E-state index < -0.39 is 5.41 Å². The van der Waals surface area contributed by atoms with Crippen LogP contribution >= 0.6 is 11.6 Å².